The third kappa shape index (κ3) is 3.03. The number of fused-ring (bicyclic) bond motifs is 1. The summed E-state index contributed by atoms with van der Waals surface area (Å²) in [4.78, 5) is 20.0. The van der Waals surface area contributed by atoms with Crippen molar-refractivity contribution >= 4 is 28.9 Å². The number of hydrogen-bond acceptors (Lipinski definition) is 5. The molecule has 0 spiro atoms. The summed E-state index contributed by atoms with van der Waals surface area (Å²) in [5.74, 6) is -0.833. The van der Waals surface area contributed by atoms with Crippen LogP contribution in [0.1, 0.15) is 24.6 Å². The number of aryl methyl sites for hydroxylation is 1. The predicted molar refractivity (Wildman–Crippen MR) is 79.7 cm³/mol. The van der Waals surface area contributed by atoms with Gasteiger partial charge in [0.1, 0.15) is 5.52 Å². The second kappa shape index (κ2) is 6.03. The Labute approximate surface area is 126 Å². The molecule has 1 aliphatic rings. The van der Waals surface area contributed by atoms with Gasteiger partial charge in [0.25, 0.3) is 0 Å². The summed E-state index contributed by atoms with van der Waals surface area (Å²) < 4.78 is 7.51. The first-order valence-electron chi connectivity index (χ1n) is 6.93. The van der Waals surface area contributed by atoms with Gasteiger partial charge in [0.15, 0.2) is 10.8 Å². The molecule has 0 aliphatic carbocycles. The van der Waals surface area contributed by atoms with Crippen LogP contribution in [0.3, 0.4) is 0 Å². The Kier molecular flexibility index (Phi) is 4.12. The lowest BCUT2D eigenvalue weighted by Gasteiger charge is -2.25. The maximum atomic E-state index is 10.8. The van der Waals surface area contributed by atoms with Crippen LogP contribution in [0.4, 0.5) is 0 Å². The minimum Gasteiger partial charge on any atom is -0.481 e. The van der Waals surface area contributed by atoms with E-state index in [2.05, 4.69) is 14.5 Å². The maximum Gasteiger partial charge on any atom is 0.313 e. The lowest BCUT2D eigenvalue weighted by molar-refractivity contribution is -0.133. The highest BCUT2D eigenvalue weighted by Crippen LogP contribution is 2.31. The van der Waals surface area contributed by atoms with Crippen LogP contribution in [0.15, 0.2) is 17.3 Å². The van der Waals surface area contributed by atoms with Crippen molar-refractivity contribution in [3.63, 3.8) is 0 Å². The molecule has 2 aromatic heterocycles. The molecule has 2 aromatic rings. The normalized spacial score (nSPS) is 16.4. The molecule has 0 atom stereocenters. The Hall–Kier alpha value is -1.60. The SMILES string of the molecule is Cc1ccc2nc(SCC(=O)O)n(C3CCOCC3)c2n1. The predicted octanol–water partition coefficient (Wildman–Crippen LogP) is 2.27. The number of carbonyl (C=O) groups is 1. The van der Waals surface area contributed by atoms with E-state index in [9.17, 15) is 4.79 Å². The molecule has 112 valence electrons. The molecule has 1 N–H and O–H groups in total. The van der Waals surface area contributed by atoms with E-state index in [1.807, 2.05) is 19.1 Å². The minimum atomic E-state index is -0.838. The van der Waals surface area contributed by atoms with E-state index < -0.39 is 5.97 Å². The molecule has 0 unspecified atom stereocenters. The molecule has 0 amide bonds. The summed E-state index contributed by atoms with van der Waals surface area (Å²) >= 11 is 1.25. The smallest absolute Gasteiger partial charge is 0.313 e. The van der Waals surface area contributed by atoms with Gasteiger partial charge in [0.2, 0.25) is 0 Å². The summed E-state index contributed by atoms with van der Waals surface area (Å²) in [5, 5.41) is 9.64. The summed E-state index contributed by atoms with van der Waals surface area (Å²) in [5.41, 5.74) is 2.60. The van der Waals surface area contributed by atoms with Gasteiger partial charge in [-0.25, -0.2) is 9.97 Å². The van der Waals surface area contributed by atoms with Crippen LogP contribution < -0.4 is 0 Å². The third-order valence-corrected chi connectivity index (χ3v) is 4.46. The molecule has 3 heterocycles. The lowest BCUT2D eigenvalue weighted by atomic mass is 10.1. The average Bonchev–Trinajstić information content (AvgIpc) is 2.83. The molecule has 6 nitrogen and oxygen atoms in total. The number of carboxylic acids is 1. The highest BCUT2D eigenvalue weighted by molar-refractivity contribution is 7.99. The number of carboxylic acid groups (broad SMARTS) is 1. The first-order chi connectivity index (χ1) is 10.1. The lowest BCUT2D eigenvalue weighted by Crippen LogP contribution is -2.20. The van der Waals surface area contributed by atoms with E-state index in [-0.39, 0.29) is 11.8 Å². The fourth-order valence-corrected chi connectivity index (χ4v) is 3.34. The van der Waals surface area contributed by atoms with Gasteiger partial charge in [-0.3, -0.25) is 4.79 Å². The van der Waals surface area contributed by atoms with Crippen molar-refractivity contribution in [3.05, 3.63) is 17.8 Å². The number of imidazole rings is 1. The van der Waals surface area contributed by atoms with E-state index in [1.165, 1.54) is 11.8 Å². The second-order valence-corrected chi connectivity index (χ2v) is 6.03. The van der Waals surface area contributed by atoms with Crippen molar-refractivity contribution in [3.8, 4) is 0 Å². The number of rotatable bonds is 4. The Bertz CT molecular complexity index is 665. The van der Waals surface area contributed by atoms with E-state index in [4.69, 9.17) is 9.84 Å². The fourth-order valence-electron chi connectivity index (χ4n) is 2.55. The monoisotopic (exact) mass is 307 g/mol. The summed E-state index contributed by atoms with van der Waals surface area (Å²) in [6, 6.07) is 4.14. The van der Waals surface area contributed by atoms with Crippen LogP contribution in [0.2, 0.25) is 0 Å². The quantitative estimate of drug-likeness (QED) is 0.873. The van der Waals surface area contributed by atoms with Crippen molar-refractivity contribution in [1.29, 1.82) is 0 Å². The summed E-state index contributed by atoms with van der Waals surface area (Å²) in [7, 11) is 0. The van der Waals surface area contributed by atoms with Gasteiger partial charge in [0, 0.05) is 24.9 Å². The van der Waals surface area contributed by atoms with Crippen LogP contribution in [0, 0.1) is 6.92 Å². The Morgan fingerprint density at radius 1 is 1.43 bits per heavy atom. The van der Waals surface area contributed by atoms with Crippen LogP contribution in [-0.2, 0) is 9.53 Å². The van der Waals surface area contributed by atoms with Gasteiger partial charge in [-0.05, 0) is 31.9 Å². The van der Waals surface area contributed by atoms with Crippen molar-refractivity contribution in [1.82, 2.24) is 14.5 Å². The van der Waals surface area contributed by atoms with Crippen molar-refractivity contribution < 1.29 is 14.6 Å². The molecule has 7 heteroatoms. The van der Waals surface area contributed by atoms with E-state index in [0.717, 1.165) is 48.1 Å². The van der Waals surface area contributed by atoms with Crippen LogP contribution in [0.5, 0.6) is 0 Å². The Balaban J connectivity index is 2.04. The van der Waals surface area contributed by atoms with Crippen molar-refractivity contribution in [2.45, 2.75) is 31.0 Å². The summed E-state index contributed by atoms with van der Waals surface area (Å²) in [6.45, 7) is 3.39. The molecular formula is C14H17N3O3S. The number of aliphatic carboxylic acids is 1. The molecule has 1 saturated heterocycles. The van der Waals surface area contributed by atoms with Gasteiger partial charge in [-0.2, -0.15) is 0 Å². The van der Waals surface area contributed by atoms with E-state index in [0.29, 0.717) is 0 Å². The molecule has 0 saturated carbocycles. The highest BCUT2D eigenvalue weighted by atomic mass is 32.2. The number of hydrogen-bond donors (Lipinski definition) is 1. The molecule has 0 aromatic carbocycles. The zero-order valence-corrected chi connectivity index (χ0v) is 12.6. The minimum absolute atomic E-state index is 0.00548. The Morgan fingerprint density at radius 3 is 2.90 bits per heavy atom. The zero-order valence-electron chi connectivity index (χ0n) is 11.8. The topological polar surface area (TPSA) is 77.2 Å². The highest BCUT2D eigenvalue weighted by Gasteiger charge is 2.23. The van der Waals surface area contributed by atoms with Crippen LogP contribution >= 0.6 is 11.8 Å². The first-order valence-corrected chi connectivity index (χ1v) is 7.91. The van der Waals surface area contributed by atoms with Gasteiger partial charge >= 0.3 is 5.97 Å². The van der Waals surface area contributed by atoms with Crippen LogP contribution in [0.25, 0.3) is 11.2 Å². The van der Waals surface area contributed by atoms with E-state index >= 15 is 0 Å². The van der Waals surface area contributed by atoms with Gasteiger partial charge in [-0.1, -0.05) is 11.8 Å². The zero-order chi connectivity index (χ0) is 14.8. The number of pyridine rings is 1. The van der Waals surface area contributed by atoms with Crippen LogP contribution in [-0.4, -0.2) is 44.6 Å². The summed E-state index contributed by atoms with van der Waals surface area (Å²) in [6.07, 6.45) is 1.81. The van der Waals surface area contributed by atoms with Crippen molar-refractivity contribution in [2.24, 2.45) is 0 Å². The van der Waals surface area contributed by atoms with Gasteiger partial charge in [-0.15, -0.1) is 0 Å². The largest absolute Gasteiger partial charge is 0.481 e. The molecule has 0 bridgehead atoms. The first kappa shape index (κ1) is 14.3. The molecule has 21 heavy (non-hydrogen) atoms. The second-order valence-electron chi connectivity index (χ2n) is 5.09. The Morgan fingerprint density at radius 2 is 2.19 bits per heavy atom. The molecule has 1 fully saturated rings. The van der Waals surface area contributed by atoms with Gasteiger partial charge in [0.05, 0.1) is 5.75 Å². The number of thioether (sulfide) groups is 1. The maximum absolute atomic E-state index is 10.8. The standard InChI is InChI=1S/C14H17N3O3S/c1-9-2-3-11-13(15-9)17(10-4-6-20-7-5-10)14(16-11)21-8-12(18)19/h2-3,10H,4-8H2,1H3,(H,18,19). The van der Waals surface area contributed by atoms with Gasteiger partial charge < -0.3 is 14.4 Å². The molecule has 3 rings (SSSR count). The fraction of sp³-hybridized carbons (Fsp3) is 0.500. The van der Waals surface area contributed by atoms with E-state index in [1.54, 1.807) is 0 Å². The number of aromatic nitrogens is 3. The molecule has 1 aliphatic heterocycles. The number of nitrogens with zero attached hydrogens (tertiary/aromatic N) is 3. The molecule has 0 radical (unpaired) electrons. The van der Waals surface area contributed by atoms with Crippen molar-refractivity contribution in [2.75, 3.05) is 19.0 Å². The number of ether oxygens (including phenoxy) is 1. The average molecular weight is 307 g/mol. The molecular weight excluding hydrogens is 290 g/mol. The third-order valence-electron chi connectivity index (χ3n) is 3.52.